The minimum absolute atomic E-state index is 0.0535. The number of benzene rings is 2. The Kier molecular flexibility index (Phi) is 5.94. The summed E-state index contributed by atoms with van der Waals surface area (Å²) in [5.74, 6) is 6.78. The fraction of sp³-hybridized carbons (Fsp3) is 0.318. The molecule has 2 rings (SSSR count). The third-order valence-corrected chi connectivity index (χ3v) is 9.06. The summed E-state index contributed by atoms with van der Waals surface area (Å²) in [6.07, 6.45) is 0. The first-order valence-corrected chi connectivity index (χ1v) is 11.5. The molecule has 0 N–H and O–H groups in total. The standard InChI is InChI=1S/C22H26O3Si/c1-22(2,3)26(5,6)25-21-10-8-7-9-19(21)20(23)16-13-17-11-14-18(24-4)15-12-17/h7-12,14-15H,1-6H3. The predicted octanol–water partition coefficient (Wildman–Crippen LogP) is 5.31. The Hall–Kier alpha value is -2.51. The molecule has 0 saturated carbocycles. The number of ketones is 1. The molecule has 136 valence electrons. The molecule has 2 aromatic rings. The van der Waals surface area contributed by atoms with Crippen molar-refractivity contribution in [2.45, 2.75) is 38.9 Å². The van der Waals surface area contributed by atoms with E-state index in [1.54, 1.807) is 13.2 Å². The maximum Gasteiger partial charge on any atom is 0.250 e. The summed E-state index contributed by atoms with van der Waals surface area (Å²) >= 11 is 0. The molecule has 0 amide bonds. The lowest BCUT2D eigenvalue weighted by molar-refractivity contribution is 0.105. The quantitative estimate of drug-likeness (QED) is 0.418. The molecule has 0 heterocycles. The van der Waals surface area contributed by atoms with Gasteiger partial charge in [-0.3, -0.25) is 4.79 Å². The molecule has 0 unspecified atom stereocenters. The molecule has 0 spiro atoms. The van der Waals surface area contributed by atoms with Gasteiger partial charge in [0.1, 0.15) is 11.5 Å². The van der Waals surface area contributed by atoms with Crippen LogP contribution in [0.5, 0.6) is 11.5 Å². The lowest BCUT2D eigenvalue weighted by Crippen LogP contribution is -2.44. The lowest BCUT2D eigenvalue weighted by Gasteiger charge is -2.36. The molecule has 0 atom stereocenters. The molecule has 0 aliphatic heterocycles. The van der Waals surface area contributed by atoms with Crippen LogP contribution in [0.25, 0.3) is 0 Å². The SMILES string of the molecule is COc1ccc(C#CC(=O)c2ccccc2O[Si](C)(C)C(C)(C)C)cc1. The van der Waals surface area contributed by atoms with Gasteiger partial charge in [-0.15, -0.1) is 0 Å². The lowest BCUT2D eigenvalue weighted by atomic mass is 10.1. The van der Waals surface area contributed by atoms with Gasteiger partial charge in [0.15, 0.2) is 0 Å². The van der Waals surface area contributed by atoms with Crippen LogP contribution in [0.3, 0.4) is 0 Å². The maximum absolute atomic E-state index is 12.6. The van der Waals surface area contributed by atoms with Crippen LogP contribution >= 0.6 is 0 Å². The van der Waals surface area contributed by atoms with E-state index in [1.807, 2.05) is 42.5 Å². The topological polar surface area (TPSA) is 35.5 Å². The second kappa shape index (κ2) is 7.80. The van der Waals surface area contributed by atoms with Crippen molar-refractivity contribution < 1.29 is 14.0 Å². The van der Waals surface area contributed by atoms with Crippen LogP contribution in [-0.2, 0) is 0 Å². The summed E-state index contributed by atoms with van der Waals surface area (Å²) in [6, 6.07) is 14.6. The molecular formula is C22H26O3Si. The number of hydrogen-bond acceptors (Lipinski definition) is 3. The van der Waals surface area contributed by atoms with Crippen LogP contribution < -0.4 is 9.16 Å². The van der Waals surface area contributed by atoms with E-state index in [9.17, 15) is 4.79 Å². The van der Waals surface area contributed by atoms with Crippen LogP contribution in [0, 0.1) is 11.8 Å². The number of hydrogen-bond donors (Lipinski definition) is 0. The van der Waals surface area contributed by atoms with Crippen molar-refractivity contribution in [3.8, 4) is 23.3 Å². The third-order valence-electron chi connectivity index (χ3n) is 4.71. The molecule has 0 bridgehead atoms. The molecule has 2 aromatic carbocycles. The van der Waals surface area contributed by atoms with E-state index in [0.717, 1.165) is 11.3 Å². The first-order valence-electron chi connectivity index (χ1n) is 8.62. The van der Waals surface area contributed by atoms with Crippen LogP contribution in [0.1, 0.15) is 36.7 Å². The van der Waals surface area contributed by atoms with Gasteiger partial charge in [0.25, 0.3) is 8.32 Å². The Labute approximate surface area is 157 Å². The normalized spacial score (nSPS) is 11.3. The highest BCUT2D eigenvalue weighted by Gasteiger charge is 2.39. The Balaban J connectivity index is 2.26. The van der Waals surface area contributed by atoms with Gasteiger partial charge in [-0.05, 0) is 60.5 Å². The van der Waals surface area contributed by atoms with Crippen molar-refractivity contribution in [2.75, 3.05) is 7.11 Å². The zero-order valence-corrected chi connectivity index (χ0v) is 17.3. The average molecular weight is 367 g/mol. The van der Waals surface area contributed by atoms with Crippen molar-refractivity contribution in [2.24, 2.45) is 0 Å². The number of para-hydroxylation sites is 1. The van der Waals surface area contributed by atoms with Crippen LogP contribution in [0.2, 0.25) is 18.1 Å². The number of carbonyl (C=O) groups excluding carboxylic acids is 1. The van der Waals surface area contributed by atoms with E-state index < -0.39 is 8.32 Å². The van der Waals surface area contributed by atoms with Gasteiger partial charge in [0.05, 0.1) is 12.7 Å². The zero-order chi connectivity index (χ0) is 19.4. The average Bonchev–Trinajstić information content (AvgIpc) is 2.59. The summed E-state index contributed by atoms with van der Waals surface area (Å²) in [5, 5.41) is 0.0535. The van der Waals surface area contributed by atoms with E-state index in [1.165, 1.54) is 0 Å². The third kappa shape index (κ3) is 4.77. The number of rotatable bonds is 4. The molecule has 26 heavy (non-hydrogen) atoms. The van der Waals surface area contributed by atoms with E-state index in [4.69, 9.17) is 9.16 Å². The first kappa shape index (κ1) is 19.8. The molecular weight excluding hydrogens is 340 g/mol. The van der Waals surface area contributed by atoms with Crippen molar-refractivity contribution >= 4 is 14.1 Å². The van der Waals surface area contributed by atoms with Gasteiger partial charge < -0.3 is 9.16 Å². The molecule has 4 heteroatoms. The Bertz CT molecular complexity index is 834. The van der Waals surface area contributed by atoms with Crippen LogP contribution in [0.4, 0.5) is 0 Å². The summed E-state index contributed by atoms with van der Waals surface area (Å²) in [4.78, 5) is 12.6. The summed E-state index contributed by atoms with van der Waals surface area (Å²) in [6.45, 7) is 10.8. The first-order chi connectivity index (χ1) is 12.1. The Morgan fingerprint density at radius 3 is 2.19 bits per heavy atom. The minimum atomic E-state index is -2.03. The summed E-state index contributed by atoms with van der Waals surface area (Å²) < 4.78 is 11.5. The number of carbonyl (C=O) groups is 1. The monoisotopic (exact) mass is 366 g/mol. The van der Waals surface area contributed by atoms with Gasteiger partial charge in [-0.2, -0.15) is 0 Å². The molecule has 0 saturated heterocycles. The van der Waals surface area contributed by atoms with Gasteiger partial charge >= 0.3 is 0 Å². The van der Waals surface area contributed by atoms with E-state index in [2.05, 4.69) is 45.7 Å². The molecule has 0 aliphatic carbocycles. The fourth-order valence-corrected chi connectivity index (χ4v) is 3.08. The van der Waals surface area contributed by atoms with Crippen molar-refractivity contribution in [1.82, 2.24) is 0 Å². The second-order valence-corrected chi connectivity index (χ2v) is 12.4. The summed E-state index contributed by atoms with van der Waals surface area (Å²) in [7, 11) is -0.420. The van der Waals surface area contributed by atoms with E-state index in [0.29, 0.717) is 11.3 Å². The van der Waals surface area contributed by atoms with Gasteiger partial charge in [0.2, 0.25) is 5.78 Å². The molecule has 0 radical (unpaired) electrons. The van der Waals surface area contributed by atoms with E-state index in [-0.39, 0.29) is 10.8 Å². The largest absolute Gasteiger partial charge is 0.543 e. The van der Waals surface area contributed by atoms with Gasteiger partial charge in [-0.25, -0.2) is 0 Å². The highest BCUT2D eigenvalue weighted by atomic mass is 28.4. The van der Waals surface area contributed by atoms with E-state index >= 15 is 0 Å². The zero-order valence-electron chi connectivity index (χ0n) is 16.3. The predicted molar refractivity (Wildman–Crippen MR) is 108 cm³/mol. The maximum atomic E-state index is 12.6. The van der Waals surface area contributed by atoms with Crippen molar-refractivity contribution in [3.05, 3.63) is 59.7 Å². The molecule has 0 fully saturated rings. The van der Waals surface area contributed by atoms with Crippen molar-refractivity contribution in [1.29, 1.82) is 0 Å². The fourth-order valence-electron chi connectivity index (χ4n) is 2.04. The minimum Gasteiger partial charge on any atom is -0.543 e. The Morgan fingerprint density at radius 1 is 1.00 bits per heavy atom. The Morgan fingerprint density at radius 2 is 1.62 bits per heavy atom. The smallest absolute Gasteiger partial charge is 0.250 e. The molecule has 0 aromatic heterocycles. The van der Waals surface area contributed by atoms with Gasteiger partial charge in [-0.1, -0.05) is 38.8 Å². The summed E-state index contributed by atoms with van der Waals surface area (Å²) in [5.41, 5.74) is 1.28. The highest BCUT2D eigenvalue weighted by molar-refractivity contribution is 6.74. The van der Waals surface area contributed by atoms with Crippen molar-refractivity contribution in [3.63, 3.8) is 0 Å². The highest BCUT2D eigenvalue weighted by Crippen LogP contribution is 2.38. The second-order valence-electron chi connectivity index (χ2n) is 7.67. The van der Waals surface area contributed by atoms with Gasteiger partial charge in [0, 0.05) is 5.56 Å². The van der Waals surface area contributed by atoms with Crippen LogP contribution in [0.15, 0.2) is 48.5 Å². The number of ether oxygens (including phenoxy) is 1. The number of Topliss-reactive ketones (excluding diaryl/α,β-unsaturated/α-hetero) is 1. The van der Waals surface area contributed by atoms with Crippen LogP contribution in [-0.4, -0.2) is 21.2 Å². The number of methoxy groups -OCH3 is 1. The molecule has 0 aliphatic rings. The molecule has 3 nitrogen and oxygen atoms in total.